The summed E-state index contributed by atoms with van der Waals surface area (Å²) in [5.74, 6) is 0.328. The zero-order chi connectivity index (χ0) is 20.6. The molecule has 1 aromatic rings. The number of carbonyl (C=O) groups excluding carboxylic acids is 2. The molecule has 0 aliphatic carbocycles. The lowest BCUT2D eigenvalue weighted by atomic mass is 9.82. The van der Waals surface area contributed by atoms with E-state index in [9.17, 15) is 14.7 Å². The van der Waals surface area contributed by atoms with Gasteiger partial charge in [0, 0.05) is 22.3 Å². The van der Waals surface area contributed by atoms with Crippen molar-refractivity contribution in [2.75, 3.05) is 12.4 Å². The molecule has 1 N–H and O–H groups in total. The van der Waals surface area contributed by atoms with Crippen molar-refractivity contribution in [1.29, 1.82) is 0 Å². The second-order valence-electron chi connectivity index (χ2n) is 8.02. The number of aliphatic hydroxyl groups is 1. The van der Waals surface area contributed by atoms with Crippen molar-refractivity contribution >= 4 is 23.5 Å². The number of ketones is 1. The van der Waals surface area contributed by atoms with E-state index in [-0.39, 0.29) is 28.3 Å². The van der Waals surface area contributed by atoms with Gasteiger partial charge in [-0.3, -0.25) is 4.79 Å². The predicted octanol–water partition coefficient (Wildman–Crippen LogP) is 4.67. The van der Waals surface area contributed by atoms with E-state index in [4.69, 9.17) is 4.74 Å². The summed E-state index contributed by atoms with van der Waals surface area (Å²) in [6, 6.07) is 8.93. The average molecular weight is 405 g/mol. The van der Waals surface area contributed by atoms with Crippen LogP contribution in [0.15, 0.2) is 42.5 Å². The van der Waals surface area contributed by atoms with Crippen molar-refractivity contribution in [3.05, 3.63) is 48.0 Å². The third-order valence-corrected chi connectivity index (χ3v) is 6.80. The molecule has 1 aliphatic rings. The van der Waals surface area contributed by atoms with Gasteiger partial charge < -0.3 is 9.84 Å². The summed E-state index contributed by atoms with van der Waals surface area (Å²) in [5, 5.41) is 10.5. The van der Waals surface area contributed by atoms with Gasteiger partial charge in [0.1, 0.15) is 0 Å². The number of hydrogen-bond donors (Lipinski definition) is 1. The van der Waals surface area contributed by atoms with Crippen molar-refractivity contribution in [3.63, 3.8) is 0 Å². The molecule has 5 heteroatoms. The van der Waals surface area contributed by atoms with Gasteiger partial charge in [-0.05, 0) is 31.1 Å². The molecule has 0 radical (unpaired) electrons. The number of ether oxygens (including phenoxy) is 1. The first kappa shape index (κ1) is 22.7. The third-order valence-electron chi connectivity index (χ3n) is 5.29. The van der Waals surface area contributed by atoms with Gasteiger partial charge in [0.2, 0.25) is 0 Å². The van der Waals surface area contributed by atoms with Crippen LogP contribution in [0.2, 0.25) is 0 Å². The molecule has 0 bridgehead atoms. The van der Waals surface area contributed by atoms with Gasteiger partial charge in [0.05, 0.1) is 18.3 Å². The molecule has 1 saturated heterocycles. The molecule has 2 rings (SSSR count). The monoisotopic (exact) mass is 404 g/mol. The second-order valence-corrected chi connectivity index (χ2v) is 9.29. The van der Waals surface area contributed by atoms with Gasteiger partial charge in [-0.2, -0.15) is 11.8 Å². The van der Waals surface area contributed by atoms with Crippen LogP contribution in [0.5, 0.6) is 0 Å². The van der Waals surface area contributed by atoms with Crippen LogP contribution in [0.25, 0.3) is 0 Å². The lowest BCUT2D eigenvalue weighted by Gasteiger charge is -2.22. The number of unbranched alkanes of at least 4 members (excludes halogenated alkanes) is 1. The molecule has 1 aromatic carbocycles. The number of carbonyl (C=O) groups is 2. The Kier molecular flexibility index (Phi) is 8.77. The number of aliphatic hydroxyl groups excluding tert-OH is 1. The Balaban J connectivity index is 1.87. The number of allylic oxidation sites excluding steroid dienone is 1. The average Bonchev–Trinajstić information content (AvgIpc) is 3.04. The summed E-state index contributed by atoms with van der Waals surface area (Å²) < 4.78 is 5.37. The van der Waals surface area contributed by atoms with Crippen LogP contribution in [0.4, 0.5) is 0 Å². The van der Waals surface area contributed by atoms with Crippen LogP contribution in [-0.4, -0.2) is 40.6 Å². The van der Waals surface area contributed by atoms with Crippen LogP contribution in [0.3, 0.4) is 0 Å². The Labute approximate surface area is 172 Å². The summed E-state index contributed by atoms with van der Waals surface area (Å²) in [6.07, 6.45) is 6.67. The zero-order valence-electron chi connectivity index (χ0n) is 17.1. The molecule has 0 saturated carbocycles. The van der Waals surface area contributed by atoms with Crippen LogP contribution in [-0.2, 0) is 9.53 Å². The highest BCUT2D eigenvalue weighted by Crippen LogP contribution is 2.36. The highest BCUT2D eigenvalue weighted by Gasteiger charge is 2.34. The van der Waals surface area contributed by atoms with E-state index in [1.54, 1.807) is 42.1 Å². The fourth-order valence-corrected chi connectivity index (χ4v) is 4.74. The van der Waals surface area contributed by atoms with Gasteiger partial charge >= 0.3 is 5.97 Å². The minimum absolute atomic E-state index is 0.0913. The molecule has 3 unspecified atom stereocenters. The SMILES string of the molecule is CCCCC(C)(C)C(=O)/C=C/C1C(O)CSC1CCOC(=O)c1ccccc1. The lowest BCUT2D eigenvalue weighted by molar-refractivity contribution is -0.122. The maximum atomic E-state index is 12.6. The first-order valence-electron chi connectivity index (χ1n) is 10.1. The van der Waals surface area contributed by atoms with Crippen LogP contribution >= 0.6 is 11.8 Å². The standard InChI is InChI=1S/C23H32O4S/c1-4-5-14-23(2,3)21(25)12-11-18-19(24)16-28-20(18)13-15-27-22(26)17-9-7-6-8-10-17/h6-12,18-20,24H,4-5,13-16H2,1-3H3/b12-11+. The van der Waals surface area contributed by atoms with Gasteiger partial charge in [0.15, 0.2) is 5.78 Å². The number of thioether (sulfide) groups is 1. The molecule has 28 heavy (non-hydrogen) atoms. The Bertz CT molecular complexity index is 668. The fourth-order valence-electron chi connectivity index (χ4n) is 3.31. The highest BCUT2D eigenvalue weighted by atomic mass is 32.2. The molecular weight excluding hydrogens is 372 g/mol. The molecule has 1 aliphatic heterocycles. The van der Waals surface area contributed by atoms with Crippen molar-refractivity contribution in [2.45, 2.75) is 57.8 Å². The van der Waals surface area contributed by atoms with Crippen LogP contribution in [0.1, 0.15) is 56.8 Å². The largest absolute Gasteiger partial charge is 0.462 e. The molecule has 0 amide bonds. The Morgan fingerprint density at radius 2 is 2.00 bits per heavy atom. The normalized spacial score (nSPS) is 22.5. The lowest BCUT2D eigenvalue weighted by Crippen LogP contribution is -2.25. The van der Waals surface area contributed by atoms with Gasteiger partial charge in [-0.15, -0.1) is 0 Å². The van der Waals surface area contributed by atoms with Crippen LogP contribution < -0.4 is 0 Å². The topological polar surface area (TPSA) is 63.6 Å². The second kappa shape index (κ2) is 10.8. The molecule has 3 atom stereocenters. The highest BCUT2D eigenvalue weighted by molar-refractivity contribution is 8.00. The molecule has 1 heterocycles. The fraction of sp³-hybridized carbons (Fsp3) is 0.565. The first-order valence-corrected chi connectivity index (χ1v) is 11.1. The summed E-state index contributed by atoms with van der Waals surface area (Å²) in [5.41, 5.74) is 0.169. The molecular formula is C23H32O4S. The van der Waals surface area contributed by atoms with E-state index >= 15 is 0 Å². The quantitative estimate of drug-likeness (QED) is 0.454. The Hall–Kier alpha value is -1.59. The number of esters is 1. The molecule has 0 aromatic heterocycles. The smallest absolute Gasteiger partial charge is 0.338 e. The van der Waals surface area contributed by atoms with E-state index in [1.165, 1.54) is 0 Å². The zero-order valence-corrected chi connectivity index (χ0v) is 17.9. The van der Waals surface area contributed by atoms with Gasteiger partial charge in [-0.25, -0.2) is 4.79 Å². The van der Waals surface area contributed by atoms with E-state index in [0.29, 0.717) is 24.3 Å². The summed E-state index contributed by atoms with van der Waals surface area (Å²) in [4.78, 5) is 24.6. The van der Waals surface area contributed by atoms with Crippen molar-refractivity contribution in [2.24, 2.45) is 11.3 Å². The minimum atomic E-state index is -0.470. The molecule has 0 spiro atoms. The van der Waals surface area contributed by atoms with Crippen molar-refractivity contribution < 1.29 is 19.4 Å². The molecule has 1 fully saturated rings. The Morgan fingerprint density at radius 1 is 1.29 bits per heavy atom. The number of hydrogen-bond acceptors (Lipinski definition) is 5. The maximum Gasteiger partial charge on any atom is 0.338 e. The molecule has 4 nitrogen and oxygen atoms in total. The molecule has 154 valence electrons. The number of benzene rings is 1. The van der Waals surface area contributed by atoms with E-state index in [2.05, 4.69) is 6.92 Å². The Morgan fingerprint density at radius 3 is 2.68 bits per heavy atom. The van der Waals surface area contributed by atoms with Crippen molar-refractivity contribution in [1.82, 2.24) is 0 Å². The number of rotatable bonds is 10. The van der Waals surface area contributed by atoms with E-state index in [1.807, 2.05) is 26.0 Å². The summed E-state index contributed by atoms with van der Waals surface area (Å²) in [7, 11) is 0. The maximum absolute atomic E-state index is 12.6. The van der Waals surface area contributed by atoms with E-state index in [0.717, 1.165) is 19.3 Å². The minimum Gasteiger partial charge on any atom is -0.462 e. The summed E-state index contributed by atoms with van der Waals surface area (Å²) >= 11 is 1.68. The van der Waals surface area contributed by atoms with Crippen molar-refractivity contribution in [3.8, 4) is 0 Å². The predicted molar refractivity (Wildman–Crippen MR) is 115 cm³/mol. The van der Waals surface area contributed by atoms with Crippen LogP contribution in [0, 0.1) is 11.3 Å². The van der Waals surface area contributed by atoms with Gasteiger partial charge in [0.25, 0.3) is 0 Å². The van der Waals surface area contributed by atoms with Gasteiger partial charge in [-0.1, -0.05) is 57.9 Å². The van der Waals surface area contributed by atoms with E-state index < -0.39 is 6.10 Å². The third kappa shape index (κ3) is 6.49. The first-order chi connectivity index (χ1) is 13.3. The summed E-state index contributed by atoms with van der Waals surface area (Å²) in [6.45, 7) is 6.39.